The molecule has 0 unspecified atom stereocenters. The first-order chi connectivity index (χ1) is 17.2. The molecule has 36 heavy (non-hydrogen) atoms. The number of amides is 2. The molecule has 0 fully saturated rings. The molecule has 4 rings (SSSR count). The summed E-state index contributed by atoms with van der Waals surface area (Å²) in [7, 11) is 0. The fourth-order valence-electron chi connectivity index (χ4n) is 3.18. The zero-order valence-electron chi connectivity index (χ0n) is 18.3. The van der Waals surface area contributed by atoms with Crippen LogP contribution in [0.1, 0.15) is 5.56 Å². The van der Waals surface area contributed by atoms with Gasteiger partial charge in [0.2, 0.25) is 5.91 Å². The topological polar surface area (TPSA) is 71.0 Å². The maximum atomic E-state index is 13.2. The standard InChI is InChI=1S/C25H17ClF3N3O3S/c26-17-8-6-16(7-9-17)14-21-23(34)32(19-4-2-1-3-5-19)24(31-21)36-15-22(33)30-18-10-12-20(13-11-18)35-25(27,28)29/h1-14H,15H2,(H,30,33)/b21-14+. The number of para-hydroxylation sites is 1. The predicted octanol–water partition coefficient (Wildman–Crippen LogP) is 6.35. The number of carbonyl (C=O) groups excluding carboxylic acids is 2. The zero-order chi connectivity index (χ0) is 25.7. The van der Waals surface area contributed by atoms with E-state index < -0.39 is 18.0 Å². The Bertz CT molecular complexity index is 1310. The lowest BCUT2D eigenvalue weighted by Crippen LogP contribution is -2.31. The van der Waals surface area contributed by atoms with Gasteiger partial charge in [0, 0.05) is 10.7 Å². The van der Waals surface area contributed by atoms with E-state index in [0.717, 1.165) is 29.5 Å². The van der Waals surface area contributed by atoms with Crippen molar-refractivity contribution in [2.45, 2.75) is 6.36 Å². The molecule has 0 radical (unpaired) electrons. The largest absolute Gasteiger partial charge is 0.573 e. The van der Waals surface area contributed by atoms with Crippen LogP contribution in [0.3, 0.4) is 0 Å². The number of nitrogens with zero attached hydrogens (tertiary/aromatic N) is 2. The normalized spacial score (nSPS) is 14.7. The number of anilines is 2. The summed E-state index contributed by atoms with van der Waals surface area (Å²) in [5.74, 6) is -1.26. The quantitative estimate of drug-likeness (QED) is 0.376. The fraction of sp³-hybridized carbons (Fsp3) is 0.0800. The van der Waals surface area contributed by atoms with Gasteiger partial charge in [-0.1, -0.05) is 53.7 Å². The number of ether oxygens (including phenoxy) is 1. The van der Waals surface area contributed by atoms with Crippen LogP contribution in [0.5, 0.6) is 5.75 Å². The number of hydrogen-bond acceptors (Lipinski definition) is 5. The third-order valence-electron chi connectivity index (χ3n) is 4.72. The minimum absolute atomic E-state index is 0.0928. The maximum absolute atomic E-state index is 13.2. The minimum Gasteiger partial charge on any atom is -0.406 e. The third-order valence-corrected chi connectivity index (χ3v) is 5.91. The van der Waals surface area contributed by atoms with Gasteiger partial charge in [0.15, 0.2) is 5.17 Å². The lowest BCUT2D eigenvalue weighted by molar-refractivity contribution is -0.274. The van der Waals surface area contributed by atoms with Crippen molar-refractivity contribution in [3.8, 4) is 5.75 Å². The van der Waals surface area contributed by atoms with Gasteiger partial charge in [-0.3, -0.25) is 14.5 Å². The Morgan fingerprint density at radius 2 is 1.69 bits per heavy atom. The van der Waals surface area contributed by atoms with Crippen molar-refractivity contribution >= 4 is 57.8 Å². The van der Waals surface area contributed by atoms with Crippen molar-refractivity contribution in [3.63, 3.8) is 0 Å². The highest BCUT2D eigenvalue weighted by Gasteiger charge is 2.32. The lowest BCUT2D eigenvalue weighted by Gasteiger charge is -2.17. The van der Waals surface area contributed by atoms with Gasteiger partial charge in [0.05, 0.1) is 11.4 Å². The SMILES string of the molecule is O=C(CSC1=N/C(=C/c2ccc(Cl)cc2)C(=O)N1c1ccccc1)Nc1ccc(OC(F)(F)F)cc1. The molecule has 0 aromatic heterocycles. The summed E-state index contributed by atoms with van der Waals surface area (Å²) in [6.45, 7) is 0. The van der Waals surface area contributed by atoms with Gasteiger partial charge in [-0.2, -0.15) is 0 Å². The number of amidine groups is 1. The van der Waals surface area contributed by atoms with Crippen LogP contribution in [0.15, 0.2) is 89.6 Å². The molecule has 3 aromatic carbocycles. The second kappa shape index (κ2) is 10.9. The molecule has 0 saturated carbocycles. The van der Waals surface area contributed by atoms with E-state index >= 15 is 0 Å². The molecule has 0 atom stereocenters. The lowest BCUT2D eigenvalue weighted by atomic mass is 10.2. The number of hydrogen-bond donors (Lipinski definition) is 1. The Kier molecular flexibility index (Phi) is 7.66. The number of halogens is 4. The van der Waals surface area contributed by atoms with Gasteiger partial charge in [-0.15, -0.1) is 13.2 Å². The molecule has 2 amide bonds. The molecule has 11 heteroatoms. The van der Waals surface area contributed by atoms with E-state index in [9.17, 15) is 22.8 Å². The summed E-state index contributed by atoms with van der Waals surface area (Å²) in [4.78, 5) is 31.5. The van der Waals surface area contributed by atoms with Gasteiger partial charge >= 0.3 is 6.36 Å². The first-order valence-corrected chi connectivity index (χ1v) is 11.8. The number of benzene rings is 3. The van der Waals surface area contributed by atoms with Crippen LogP contribution >= 0.6 is 23.4 Å². The third kappa shape index (κ3) is 6.67. The highest BCUT2D eigenvalue weighted by molar-refractivity contribution is 8.14. The second-order valence-corrected chi connectivity index (χ2v) is 8.74. The summed E-state index contributed by atoms with van der Waals surface area (Å²) in [6.07, 6.45) is -3.17. The van der Waals surface area contributed by atoms with Crippen LogP contribution in [0, 0.1) is 0 Å². The van der Waals surface area contributed by atoms with E-state index in [1.54, 1.807) is 54.6 Å². The van der Waals surface area contributed by atoms with Gasteiger partial charge in [0.1, 0.15) is 11.4 Å². The molecule has 3 aromatic rings. The van der Waals surface area contributed by atoms with Crippen LogP contribution < -0.4 is 15.0 Å². The summed E-state index contributed by atoms with van der Waals surface area (Å²) < 4.78 is 40.7. The Labute approximate surface area is 213 Å². The molecular weight excluding hydrogens is 515 g/mol. The van der Waals surface area contributed by atoms with E-state index in [-0.39, 0.29) is 17.4 Å². The van der Waals surface area contributed by atoms with E-state index in [0.29, 0.717) is 21.6 Å². The molecule has 1 heterocycles. The van der Waals surface area contributed by atoms with Gasteiger partial charge < -0.3 is 10.1 Å². The number of alkyl halides is 3. The Morgan fingerprint density at radius 1 is 1.03 bits per heavy atom. The number of carbonyl (C=O) groups is 2. The molecular formula is C25H17ClF3N3O3S. The van der Waals surface area contributed by atoms with E-state index in [2.05, 4.69) is 15.0 Å². The molecule has 0 aliphatic carbocycles. The molecule has 1 N–H and O–H groups in total. The summed E-state index contributed by atoms with van der Waals surface area (Å²) in [5.41, 5.74) is 1.82. The van der Waals surface area contributed by atoms with Crippen molar-refractivity contribution in [2.75, 3.05) is 16.0 Å². The average molecular weight is 532 g/mol. The van der Waals surface area contributed by atoms with Gasteiger partial charge in [0.25, 0.3) is 5.91 Å². The van der Waals surface area contributed by atoms with Crippen LogP contribution in [-0.2, 0) is 9.59 Å². The number of rotatable bonds is 6. The van der Waals surface area contributed by atoms with Crippen LogP contribution in [0.2, 0.25) is 5.02 Å². The molecule has 1 aliphatic rings. The molecule has 0 spiro atoms. The fourth-order valence-corrected chi connectivity index (χ4v) is 4.12. The van der Waals surface area contributed by atoms with E-state index in [4.69, 9.17) is 11.6 Å². The maximum Gasteiger partial charge on any atom is 0.573 e. The molecule has 0 saturated heterocycles. The first kappa shape index (κ1) is 25.3. The Hall–Kier alpha value is -3.76. The summed E-state index contributed by atoms with van der Waals surface area (Å²) >= 11 is 6.98. The summed E-state index contributed by atoms with van der Waals surface area (Å²) in [6, 6.07) is 20.6. The highest BCUT2D eigenvalue weighted by Crippen LogP contribution is 2.30. The van der Waals surface area contributed by atoms with Gasteiger partial charge in [-0.05, 0) is 60.2 Å². The number of nitrogens with one attached hydrogen (secondary N) is 1. The van der Waals surface area contributed by atoms with Gasteiger partial charge in [-0.25, -0.2) is 4.99 Å². The van der Waals surface area contributed by atoms with Crippen molar-refractivity contribution in [3.05, 3.63) is 95.1 Å². The van der Waals surface area contributed by atoms with Crippen LogP contribution in [-0.4, -0.2) is 29.1 Å². The van der Waals surface area contributed by atoms with Crippen molar-refractivity contribution < 1.29 is 27.5 Å². The number of thioether (sulfide) groups is 1. The van der Waals surface area contributed by atoms with Crippen molar-refractivity contribution in [1.82, 2.24) is 0 Å². The van der Waals surface area contributed by atoms with Crippen molar-refractivity contribution in [1.29, 1.82) is 0 Å². The van der Waals surface area contributed by atoms with Crippen LogP contribution in [0.4, 0.5) is 24.5 Å². The Morgan fingerprint density at radius 3 is 2.33 bits per heavy atom. The molecule has 1 aliphatic heterocycles. The van der Waals surface area contributed by atoms with Crippen LogP contribution in [0.25, 0.3) is 6.08 Å². The smallest absolute Gasteiger partial charge is 0.406 e. The highest BCUT2D eigenvalue weighted by atomic mass is 35.5. The Balaban J connectivity index is 1.47. The van der Waals surface area contributed by atoms with E-state index in [1.807, 2.05) is 6.07 Å². The molecule has 184 valence electrons. The number of aliphatic imine (C=N–C) groups is 1. The second-order valence-electron chi connectivity index (χ2n) is 7.36. The summed E-state index contributed by atoms with van der Waals surface area (Å²) in [5, 5.41) is 3.48. The first-order valence-electron chi connectivity index (χ1n) is 10.4. The minimum atomic E-state index is -4.80. The molecule has 0 bridgehead atoms. The monoisotopic (exact) mass is 531 g/mol. The average Bonchev–Trinajstić information content (AvgIpc) is 3.15. The zero-order valence-corrected chi connectivity index (χ0v) is 19.9. The predicted molar refractivity (Wildman–Crippen MR) is 135 cm³/mol. The van der Waals surface area contributed by atoms with Crippen molar-refractivity contribution in [2.24, 2.45) is 4.99 Å². The van der Waals surface area contributed by atoms with E-state index in [1.165, 1.54) is 17.0 Å². The molecule has 6 nitrogen and oxygen atoms in total.